The fourth-order valence-corrected chi connectivity index (χ4v) is 2.94. The minimum Gasteiger partial charge on any atom is -0.361 e. The number of aromatic nitrogens is 1. The van der Waals surface area contributed by atoms with Gasteiger partial charge in [0.15, 0.2) is 0 Å². The first kappa shape index (κ1) is 16.5. The monoisotopic (exact) mass is 323 g/mol. The molecule has 0 aliphatic rings. The summed E-state index contributed by atoms with van der Waals surface area (Å²) in [7, 11) is -1.90. The van der Waals surface area contributed by atoms with E-state index < -0.39 is 10.0 Å². The van der Waals surface area contributed by atoms with Crippen LogP contribution in [0.4, 0.5) is 0 Å². The number of amides is 1. The van der Waals surface area contributed by atoms with Crippen molar-refractivity contribution < 1.29 is 13.2 Å². The lowest BCUT2D eigenvalue weighted by atomic mass is 10.1. The summed E-state index contributed by atoms with van der Waals surface area (Å²) in [6, 6.07) is 8.10. The van der Waals surface area contributed by atoms with Crippen LogP contribution in [0.3, 0.4) is 0 Å². The van der Waals surface area contributed by atoms with Crippen molar-refractivity contribution in [3.63, 3.8) is 0 Å². The van der Waals surface area contributed by atoms with Crippen molar-refractivity contribution in [3.05, 3.63) is 36.0 Å². The van der Waals surface area contributed by atoms with Crippen LogP contribution in [0, 0.1) is 0 Å². The highest BCUT2D eigenvalue weighted by Gasteiger charge is 2.17. The predicted octanol–water partition coefficient (Wildman–Crippen LogP) is 1.11. The minimum absolute atomic E-state index is 0.00649. The zero-order chi connectivity index (χ0) is 16.2. The van der Waals surface area contributed by atoms with Crippen LogP contribution in [0.15, 0.2) is 30.5 Å². The maximum Gasteiger partial charge on any atom is 0.235 e. The summed E-state index contributed by atoms with van der Waals surface area (Å²) in [5.41, 5.74) is 2.21. The Hall–Kier alpha value is -1.86. The Morgan fingerprint density at radius 2 is 2.09 bits per heavy atom. The van der Waals surface area contributed by atoms with Crippen LogP contribution < -0.4 is 5.32 Å². The van der Waals surface area contributed by atoms with E-state index in [1.54, 1.807) is 6.92 Å². The fourth-order valence-electron chi connectivity index (χ4n) is 2.18. The molecule has 22 heavy (non-hydrogen) atoms. The van der Waals surface area contributed by atoms with Crippen molar-refractivity contribution in [1.82, 2.24) is 14.6 Å². The van der Waals surface area contributed by atoms with Crippen molar-refractivity contribution in [2.24, 2.45) is 0 Å². The van der Waals surface area contributed by atoms with Gasteiger partial charge in [0.2, 0.25) is 15.9 Å². The first-order chi connectivity index (χ1) is 10.4. The molecule has 0 fully saturated rings. The maximum atomic E-state index is 11.8. The molecule has 1 aromatic heterocycles. The highest BCUT2D eigenvalue weighted by atomic mass is 32.2. The molecule has 7 heteroatoms. The Labute approximate surface area is 130 Å². The molecule has 0 spiro atoms. The van der Waals surface area contributed by atoms with E-state index >= 15 is 0 Å². The number of hydrogen-bond donors (Lipinski definition) is 2. The number of likely N-dealkylation sites (N-methyl/N-ethyl adjacent to an activating group) is 1. The third-order valence-electron chi connectivity index (χ3n) is 3.56. The van der Waals surface area contributed by atoms with Crippen molar-refractivity contribution in [2.75, 3.05) is 25.9 Å². The number of aromatic amines is 1. The lowest BCUT2D eigenvalue weighted by Gasteiger charge is -2.15. The molecule has 120 valence electrons. The van der Waals surface area contributed by atoms with Crippen molar-refractivity contribution >= 4 is 26.8 Å². The van der Waals surface area contributed by atoms with Crippen LogP contribution in [0.5, 0.6) is 0 Å². The van der Waals surface area contributed by atoms with Crippen LogP contribution in [-0.4, -0.2) is 49.5 Å². The number of H-pyrrole nitrogens is 1. The normalized spacial score (nSPS) is 12.0. The molecule has 0 aliphatic heterocycles. The van der Waals surface area contributed by atoms with Crippen molar-refractivity contribution in [2.45, 2.75) is 13.3 Å². The van der Waals surface area contributed by atoms with E-state index in [4.69, 9.17) is 0 Å². The summed E-state index contributed by atoms with van der Waals surface area (Å²) in [6.45, 7) is 1.89. The van der Waals surface area contributed by atoms with E-state index in [0.717, 1.165) is 20.8 Å². The molecule has 0 bridgehead atoms. The second-order valence-electron chi connectivity index (χ2n) is 5.16. The average Bonchev–Trinajstić information content (AvgIpc) is 2.94. The van der Waals surface area contributed by atoms with Crippen molar-refractivity contribution in [1.29, 1.82) is 0 Å². The Bertz CT molecular complexity index is 752. The van der Waals surface area contributed by atoms with Gasteiger partial charge in [-0.15, -0.1) is 0 Å². The minimum atomic E-state index is -3.32. The first-order valence-electron chi connectivity index (χ1n) is 7.19. The molecule has 0 saturated heterocycles. The molecule has 6 nitrogen and oxygen atoms in total. The van der Waals surface area contributed by atoms with Gasteiger partial charge in [-0.1, -0.05) is 6.07 Å². The summed E-state index contributed by atoms with van der Waals surface area (Å²) >= 11 is 0. The van der Waals surface area contributed by atoms with E-state index in [9.17, 15) is 13.2 Å². The van der Waals surface area contributed by atoms with E-state index in [0.29, 0.717) is 13.0 Å². The molecule has 1 amide bonds. The number of carbonyl (C=O) groups excluding carboxylic acids is 1. The first-order valence-corrected chi connectivity index (χ1v) is 8.80. The topological polar surface area (TPSA) is 82.3 Å². The molecular weight excluding hydrogens is 302 g/mol. The van der Waals surface area contributed by atoms with E-state index in [-0.39, 0.29) is 18.2 Å². The molecule has 0 saturated carbocycles. The summed E-state index contributed by atoms with van der Waals surface area (Å²) in [4.78, 5) is 14.9. The Morgan fingerprint density at radius 1 is 1.32 bits per heavy atom. The fraction of sp³-hybridized carbons (Fsp3) is 0.400. The highest BCUT2D eigenvalue weighted by molar-refractivity contribution is 7.89. The van der Waals surface area contributed by atoms with E-state index in [2.05, 4.69) is 16.4 Å². The zero-order valence-electron chi connectivity index (χ0n) is 12.8. The van der Waals surface area contributed by atoms with Gasteiger partial charge in [-0.3, -0.25) is 4.79 Å². The lowest BCUT2D eigenvalue weighted by Crippen LogP contribution is -2.39. The smallest absolute Gasteiger partial charge is 0.235 e. The van der Waals surface area contributed by atoms with Gasteiger partial charge in [0.1, 0.15) is 0 Å². The maximum absolute atomic E-state index is 11.8. The third kappa shape index (κ3) is 4.08. The van der Waals surface area contributed by atoms with Gasteiger partial charge in [-0.2, -0.15) is 4.31 Å². The quantitative estimate of drug-likeness (QED) is 0.801. The molecule has 0 atom stereocenters. The number of nitrogens with one attached hydrogen (secondary N) is 2. The van der Waals surface area contributed by atoms with Crippen LogP contribution in [-0.2, 0) is 21.2 Å². The van der Waals surface area contributed by atoms with Gasteiger partial charge in [0.05, 0.1) is 12.3 Å². The summed E-state index contributed by atoms with van der Waals surface area (Å²) in [5.74, 6) is -0.296. The number of benzene rings is 1. The van der Waals surface area contributed by atoms with Gasteiger partial charge in [-0.25, -0.2) is 8.42 Å². The predicted molar refractivity (Wildman–Crippen MR) is 87.1 cm³/mol. The Kier molecular flexibility index (Phi) is 5.20. The van der Waals surface area contributed by atoms with Crippen LogP contribution >= 0.6 is 0 Å². The molecule has 2 N–H and O–H groups in total. The number of hydrogen-bond acceptors (Lipinski definition) is 3. The molecule has 1 heterocycles. The SMILES string of the molecule is CCS(=O)(=O)N(C)CC(=O)NCCc1ccc2[nH]ccc2c1. The number of nitrogens with zero attached hydrogens (tertiary/aromatic N) is 1. The Balaban J connectivity index is 1.81. The molecule has 0 radical (unpaired) electrons. The summed E-state index contributed by atoms with van der Waals surface area (Å²) in [6.07, 6.45) is 2.59. The highest BCUT2D eigenvalue weighted by Crippen LogP contribution is 2.14. The molecule has 2 rings (SSSR count). The van der Waals surface area contributed by atoms with Gasteiger partial charge in [-0.05, 0) is 42.5 Å². The Morgan fingerprint density at radius 3 is 2.82 bits per heavy atom. The second kappa shape index (κ2) is 6.93. The van der Waals surface area contributed by atoms with Crippen LogP contribution in [0.1, 0.15) is 12.5 Å². The summed E-state index contributed by atoms with van der Waals surface area (Å²) in [5, 5.41) is 3.88. The van der Waals surface area contributed by atoms with Crippen LogP contribution in [0.2, 0.25) is 0 Å². The molecule has 0 unspecified atom stereocenters. The van der Waals surface area contributed by atoms with Gasteiger partial charge in [0, 0.05) is 25.3 Å². The zero-order valence-corrected chi connectivity index (χ0v) is 13.6. The standard InChI is InChI=1S/C15H21N3O3S/c1-3-22(20,21)18(2)11-15(19)17-8-6-12-4-5-14-13(10-12)7-9-16-14/h4-5,7,9-10,16H,3,6,8,11H2,1-2H3,(H,17,19). The molecule has 2 aromatic rings. The second-order valence-corrected chi connectivity index (χ2v) is 7.52. The third-order valence-corrected chi connectivity index (χ3v) is 5.37. The summed E-state index contributed by atoms with van der Waals surface area (Å²) < 4.78 is 24.2. The van der Waals surface area contributed by atoms with Crippen molar-refractivity contribution in [3.8, 4) is 0 Å². The number of carbonyl (C=O) groups is 1. The van der Waals surface area contributed by atoms with Gasteiger partial charge in [0.25, 0.3) is 0 Å². The van der Waals surface area contributed by atoms with E-state index in [1.165, 1.54) is 7.05 Å². The average molecular weight is 323 g/mol. The lowest BCUT2D eigenvalue weighted by molar-refractivity contribution is -0.121. The number of fused-ring (bicyclic) bond motifs is 1. The number of sulfonamides is 1. The van der Waals surface area contributed by atoms with Gasteiger partial charge < -0.3 is 10.3 Å². The molecule has 0 aliphatic carbocycles. The number of rotatable bonds is 7. The van der Waals surface area contributed by atoms with E-state index in [1.807, 2.05) is 24.4 Å². The largest absolute Gasteiger partial charge is 0.361 e. The molecular formula is C15H21N3O3S. The molecule has 1 aromatic carbocycles. The van der Waals surface area contributed by atoms with Gasteiger partial charge >= 0.3 is 0 Å². The van der Waals surface area contributed by atoms with Crippen LogP contribution in [0.25, 0.3) is 10.9 Å².